The van der Waals surface area contributed by atoms with Gasteiger partial charge < -0.3 is 10.1 Å². The minimum Gasteiger partial charge on any atom is -0.469 e. The van der Waals surface area contributed by atoms with Gasteiger partial charge in [0.05, 0.1) is 19.2 Å². The summed E-state index contributed by atoms with van der Waals surface area (Å²) >= 11 is 0. The maximum absolute atomic E-state index is 11.7. The quantitative estimate of drug-likeness (QED) is 0.826. The molecule has 0 radical (unpaired) electrons. The number of H-pyrrole nitrogens is 1. The summed E-state index contributed by atoms with van der Waals surface area (Å²) < 4.78 is 4.49. The van der Waals surface area contributed by atoms with Crippen LogP contribution in [0.1, 0.15) is 18.5 Å². The second-order valence-electron chi connectivity index (χ2n) is 4.64. The molecule has 0 aliphatic heterocycles. The molecule has 1 aromatic heterocycles. The Morgan fingerprint density at radius 1 is 1.24 bits per heavy atom. The molecule has 2 aromatic rings. The number of amides is 1. The zero-order valence-electron chi connectivity index (χ0n) is 12.0. The predicted octanol–water partition coefficient (Wildman–Crippen LogP) is 2.28. The lowest BCUT2D eigenvalue weighted by molar-refractivity contribution is -0.141. The monoisotopic (exact) mass is 287 g/mol. The standard InChI is InChI=1S/C15H17N3O3/c1-10-9-13(18-17-10)11-3-5-12(6-4-11)16-14(19)7-8-15(20)21-2/h3-6,9H,7-8H2,1-2H3,(H,16,19)(H,17,18). The average Bonchev–Trinajstić information content (AvgIpc) is 2.92. The Morgan fingerprint density at radius 2 is 1.95 bits per heavy atom. The van der Waals surface area contributed by atoms with Gasteiger partial charge in [0, 0.05) is 23.4 Å². The number of carbonyl (C=O) groups is 2. The van der Waals surface area contributed by atoms with Crippen molar-refractivity contribution in [2.75, 3.05) is 12.4 Å². The van der Waals surface area contributed by atoms with Gasteiger partial charge in [0.15, 0.2) is 0 Å². The third-order valence-corrected chi connectivity index (χ3v) is 2.95. The van der Waals surface area contributed by atoms with Crippen LogP contribution in [0.5, 0.6) is 0 Å². The number of aromatic nitrogens is 2. The molecule has 6 heteroatoms. The molecule has 0 saturated heterocycles. The van der Waals surface area contributed by atoms with Crippen LogP contribution in [0.15, 0.2) is 30.3 Å². The minimum absolute atomic E-state index is 0.0764. The van der Waals surface area contributed by atoms with Crippen molar-refractivity contribution < 1.29 is 14.3 Å². The number of benzene rings is 1. The number of aromatic amines is 1. The highest BCUT2D eigenvalue weighted by molar-refractivity contribution is 5.92. The summed E-state index contributed by atoms with van der Waals surface area (Å²) in [5.41, 5.74) is 3.49. The summed E-state index contributed by atoms with van der Waals surface area (Å²) in [6.07, 6.45) is 0.181. The minimum atomic E-state index is -0.394. The third kappa shape index (κ3) is 4.17. The molecule has 0 aliphatic rings. The van der Waals surface area contributed by atoms with Crippen LogP contribution in [-0.4, -0.2) is 29.2 Å². The summed E-state index contributed by atoms with van der Waals surface area (Å²) in [4.78, 5) is 22.6. The first-order valence-corrected chi connectivity index (χ1v) is 6.57. The maximum atomic E-state index is 11.7. The number of methoxy groups -OCH3 is 1. The second kappa shape index (κ2) is 6.69. The topological polar surface area (TPSA) is 84.1 Å². The van der Waals surface area contributed by atoms with Gasteiger partial charge in [0.1, 0.15) is 0 Å². The normalized spacial score (nSPS) is 10.2. The van der Waals surface area contributed by atoms with E-state index in [4.69, 9.17) is 0 Å². The smallest absolute Gasteiger partial charge is 0.306 e. The number of anilines is 1. The molecular formula is C15H17N3O3. The van der Waals surface area contributed by atoms with Crippen molar-refractivity contribution in [1.82, 2.24) is 10.2 Å². The van der Waals surface area contributed by atoms with Gasteiger partial charge in [-0.2, -0.15) is 5.10 Å². The average molecular weight is 287 g/mol. The lowest BCUT2D eigenvalue weighted by atomic mass is 10.1. The molecule has 1 heterocycles. The van der Waals surface area contributed by atoms with E-state index in [0.717, 1.165) is 17.0 Å². The molecule has 0 aliphatic carbocycles. The van der Waals surface area contributed by atoms with Gasteiger partial charge >= 0.3 is 5.97 Å². The Kier molecular flexibility index (Phi) is 4.71. The number of nitrogens with one attached hydrogen (secondary N) is 2. The van der Waals surface area contributed by atoms with E-state index in [0.29, 0.717) is 5.69 Å². The molecule has 6 nitrogen and oxygen atoms in total. The molecule has 21 heavy (non-hydrogen) atoms. The third-order valence-electron chi connectivity index (χ3n) is 2.95. The van der Waals surface area contributed by atoms with Crippen molar-refractivity contribution in [1.29, 1.82) is 0 Å². The van der Waals surface area contributed by atoms with E-state index >= 15 is 0 Å². The molecule has 0 saturated carbocycles. The predicted molar refractivity (Wildman–Crippen MR) is 78.6 cm³/mol. The summed E-state index contributed by atoms with van der Waals surface area (Å²) in [5.74, 6) is -0.613. The van der Waals surface area contributed by atoms with Gasteiger partial charge in [-0.15, -0.1) is 0 Å². The van der Waals surface area contributed by atoms with Crippen molar-refractivity contribution in [2.45, 2.75) is 19.8 Å². The fourth-order valence-electron chi connectivity index (χ4n) is 1.83. The van der Waals surface area contributed by atoms with Crippen molar-refractivity contribution in [2.24, 2.45) is 0 Å². The van der Waals surface area contributed by atoms with E-state index < -0.39 is 5.97 Å². The van der Waals surface area contributed by atoms with E-state index in [-0.39, 0.29) is 18.7 Å². The number of rotatable bonds is 5. The van der Waals surface area contributed by atoms with Gasteiger partial charge in [0.2, 0.25) is 5.91 Å². The van der Waals surface area contributed by atoms with Crippen molar-refractivity contribution >= 4 is 17.6 Å². The number of ether oxygens (including phenoxy) is 1. The highest BCUT2D eigenvalue weighted by atomic mass is 16.5. The van der Waals surface area contributed by atoms with Gasteiger partial charge in [-0.1, -0.05) is 12.1 Å². The summed E-state index contributed by atoms with van der Waals surface area (Å²) in [6.45, 7) is 1.94. The summed E-state index contributed by atoms with van der Waals surface area (Å²) in [5, 5.41) is 9.78. The molecule has 0 bridgehead atoms. The number of hydrogen-bond donors (Lipinski definition) is 2. The number of aryl methyl sites for hydroxylation is 1. The van der Waals surface area contributed by atoms with E-state index in [9.17, 15) is 9.59 Å². The maximum Gasteiger partial charge on any atom is 0.306 e. The SMILES string of the molecule is COC(=O)CCC(=O)Nc1ccc(-c2cc(C)[nH]n2)cc1. The number of hydrogen-bond acceptors (Lipinski definition) is 4. The molecule has 0 unspecified atom stereocenters. The summed E-state index contributed by atoms with van der Waals surface area (Å²) in [6, 6.07) is 9.31. The van der Waals surface area contributed by atoms with Gasteiger partial charge in [-0.3, -0.25) is 14.7 Å². The Hall–Kier alpha value is -2.63. The van der Waals surface area contributed by atoms with Crippen molar-refractivity contribution in [3.63, 3.8) is 0 Å². The fourth-order valence-corrected chi connectivity index (χ4v) is 1.83. The highest BCUT2D eigenvalue weighted by Gasteiger charge is 2.07. The van der Waals surface area contributed by atoms with Gasteiger partial charge in [-0.25, -0.2) is 0 Å². The van der Waals surface area contributed by atoms with Crippen LogP contribution in [0.2, 0.25) is 0 Å². The van der Waals surface area contributed by atoms with E-state index in [2.05, 4.69) is 20.3 Å². The van der Waals surface area contributed by atoms with E-state index in [1.807, 2.05) is 25.1 Å². The van der Waals surface area contributed by atoms with Gasteiger partial charge in [-0.05, 0) is 25.1 Å². The first-order valence-electron chi connectivity index (χ1n) is 6.57. The van der Waals surface area contributed by atoms with Crippen LogP contribution >= 0.6 is 0 Å². The zero-order chi connectivity index (χ0) is 15.2. The first-order chi connectivity index (χ1) is 10.1. The van der Waals surface area contributed by atoms with Crippen LogP contribution in [-0.2, 0) is 14.3 Å². The Labute approximate surface area is 122 Å². The largest absolute Gasteiger partial charge is 0.469 e. The molecule has 110 valence electrons. The number of nitrogens with zero attached hydrogens (tertiary/aromatic N) is 1. The Morgan fingerprint density at radius 3 is 2.52 bits per heavy atom. The molecular weight excluding hydrogens is 270 g/mol. The van der Waals surface area contributed by atoms with Crippen molar-refractivity contribution in [3.8, 4) is 11.3 Å². The van der Waals surface area contributed by atoms with Crippen LogP contribution < -0.4 is 5.32 Å². The second-order valence-corrected chi connectivity index (χ2v) is 4.64. The lowest BCUT2D eigenvalue weighted by Gasteiger charge is -2.05. The molecule has 0 fully saturated rings. The molecule has 1 aromatic carbocycles. The van der Waals surface area contributed by atoms with E-state index in [1.165, 1.54) is 7.11 Å². The number of esters is 1. The Bertz CT molecular complexity index is 632. The van der Waals surface area contributed by atoms with Crippen LogP contribution in [0.3, 0.4) is 0 Å². The molecule has 2 N–H and O–H groups in total. The Balaban J connectivity index is 1.93. The molecule has 0 spiro atoms. The van der Waals surface area contributed by atoms with Crippen LogP contribution in [0, 0.1) is 6.92 Å². The zero-order valence-corrected chi connectivity index (χ0v) is 12.0. The number of carbonyl (C=O) groups excluding carboxylic acids is 2. The van der Waals surface area contributed by atoms with Crippen LogP contribution in [0.4, 0.5) is 5.69 Å². The summed E-state index contributed by atoms with van der Waals surface area (Å²) in [7, 11) is 1.30. The fraction of sp³-hybridized carbons (Fsp3) is 0.267. The molecule has 2 rings (SSSR count). The van der Waals surface area contributed by atoms with Crippen molar-refractivity contribution in [3.05, 3.63) is 36.0 Å². The van der Waals surface area contributed by atoms with Crippen LogP contribution in [0.25, 0.3) is 11.3 Å². The first kappa shape index (κ1) is 14.8. The molecule has 1 amide bonds. The lowest BCUT2D eigenvalue weighted by Crippen LogP contribution is -2.13. The molecule has 0 atom stereocenters. The van der Waals surface area contributed by atoms with E-state index in [1.54, 1.807) is 12.1 Å². The highest BCUT2D eigenvalue weighted by Crippen LogP contribution is 2.20. The van der Waals surface area contributed by atoms with Gasteiger partial charge in [0.25, 0.3) is 0 Å².